The number of rotatable bonds is 3. The first-order valence-corrected chi connectivity index (χ1v) is 6.16. The van der Waals surface area contributed by atoms with Gasteiger partial charge in [0, 0.05) is 11.1 Å². The van der Waals surface area contributed by atoms with Crippen LogP contribution in [0.15, 0.2) is 24.3 Å². The van der Waals surface area contributed by atoms with Crippen molar-refractivity contribution in [1.82, 2.24) is 5.32 Å². The Hall–Kier alpha value is -1.28. The van der Waals surface area contributed by atoms with Crippen LogP contribution in [-0.4, -0.2) is 19.7 Å². The minimum Gasteiger partial charge on any atom is -0.496 e. The lowest BCUT2D eigenvalue weighted by Crippen LogP contribution is -2.38. The van der Waals surface area contributed by atoms with Gasteiger partial charge in [-0.15, -0.1) is 0 Å². The Morgan fingerprint density at radius 2 is 2.06 bits per heavy atom. The monoisotopic (exact) mass is 231 g/mol. The molecule has 0 spiro atoms. The summed E-state index contributed by atoms with van der Waals surface area (Å²) in [5, 5.41) is 3.38. The van der Waals surface area contributed by atoms with E-state index in [1.807, 2.05) is 13.1 Å². The van der Waals surface area contributed by atoms with Crippen LogP contribution in [0, 0.1) is 0 Å². The zero-order valence-corrected chi connectivity index (χ0v) is 11.1. The van der Waals surface area contributed by atoms with Crippen LogP contribution in [-0.2, 0) is 6.42 Å². The lowest BCUT2D eigenvalue weighted by atomic mass is 9.80. The van der Waals surface area contributed by atoms with E-state index in [-0.39, 0.29) is 5.54 Å². The van der Waals surface area contributed by atoms with Crippen LogP contribution in [0.25, 0.3) is 5.57 Å². The molecule has 0 radical (unpaired) electrons. The number of methoxy groups -OCH3 is 1. The predicted octanol–water partition coefficient (Wildman–Crippen LogP) is 3.02. The Bertz CT molecular complexity index is 446. The molecular formula is C15H21NO. The van der Waals surface area contributed by atoms with E-state index in [4.69, 9.17) is 4.74 Å². The lowest BCUT2D eigenvalue weighted by molar-refractivity contribution is 0.409. The molecule has 17 heavy (non-hydrogen) atoms. The molecule has 1 aliphatic rings. The second kappa shape index (κ2) is 4.53. The summed E-state index contributed by atoms with van der Waals surface area (Å²) < 4.78 is 5.46. The first-order valence-electron chi connectivity index (χ1n) is 6.16. The van der Waals surface area contributed by atoms with Crippen molar-refractivity contribution in [1.29, 1.82) is 0 Å². The van der Waals surface area contributed by atoms with E-state index in [1.54, 1.807) is 7.11 Å². The van der Waals surface area contributed by atoms with Crippen LogP contribution in [0.4, 0.5) is 0 Å². The van der Waals surface area contributed by atoms with Crippen LogP contribution in [0.3, 0.4) is 0 Å². The quantitative estimate of drug-likeness (QED) is 0.863. The van der Waals surface area contributed by atoms with Gasteiger partial charge in [0.2, 0.25) is 0 Å². The second-order valence-corrected chi connectivity index (χ2v) is 5.02. The summed E-state index contributed by atoms with van der Waals surface area (Å²) in [5.41, 5.74) is 4.05. The highest BCUT2D eigenvalue weighted by Crippen LogP contribution is 2.37. The smallest absolute Gasteiger partial charge is 0.122 e. The molecule has 2 heteroatoms. The first-order chi connectivity index (χ1) is 8.10. The molecule has 1 N–H and O–H groups in total. The van der Waals surface area contributed by atoms with Gasteiger partial charge in [0.25, 0.3) is 0 Å². The second-order valence-electron chi connectivity index (χ2n) is 5.02. The van der Waals surface area contributed by atoms with E-state index in [1.165, 1.54) is 16.7 Å². The van der Waals surface area contributed by atoms with Gasteiger partial charge in [0.1, 0.15) is 5.75 Å². The number of nitrogens with one attached hydrogen (secondary N) is 1. The van der Waals surface area contributed by atoms with Crippen molar-refractivity contribution in [2.45, 2.75) is 32.2 Å². The molecule has 1 aromatic rings. The van der Waals surface area contributed by atoms with E-state index >= 15 is 0 Å². The van der Waals surface area contributed by atoms with Crippen molar-refractivity contribution in [3.8, 4) is 5.75 Å². The highest BCUT2D eigenvalue weighted by Gasteiger charge is 2.27. The number of hydrogen-bond acceptors (Lipinski definition) is 2. The largest absolute Gasteiger partial charge is 0.496 e. The van der Waals surface area contributed by atoms with E-state index in [9.17, 15) is 0 Å². The highest BCUT2D eigenvalue weighted by atomic mass is 16.5. The average Bonchev–Trinajstić information content (AvgIpc) is 2.37. The van der Waals surface area contributed by atoms with Crippen LogP contribution in [0.5, 0.6) is 5.75 Å². The summed E-state index contributed by atoms with van der Waals surface area (Å²) in [6, 6.07) is 6.32. The molecule has 92 valence electrons. The molecule has 0 fully saturated rings. The maximum absolute atomic E-state index is 5.46. The molecule has 0 atom stereocenters. The van der Waals surface area contributed by atoms with Crippen LogP contribution >= 0.6 is 0 Å². The molecule has 0 bridgehead atoms. The molecule has 0 saturated carbocycles. The van der Waals surface area contributed by atoms with Crippen molar-refractivity contribution in [2.24, 2.45) is 0 Å². The molecule has 0 amide bonds. The Labute approximate surface area is 104 Å². The van der Waals surface area contributed by atoms with Gasteiger partial charge in [-0.2, -0.15) is 0 Å². The van der Waals surface area contributed by atoms with Gasteiger partial charge < -0.3 is 10.1 Å². The van der Waals surface area contributed by atoms with Crippen molar-refractivity contribution in [3.63, 3.8) is 0 Å². The summed E-state index contributed by atoms with van der Waals surface area (Å²) in [4.78, 5) is 0. The highest BCUT2D eigenvalue weighted by molar-refractivity contribution is 5.77. The molecule has 0 aromatic heterocycles. The molecule has 0 aliphatic heterocycles. The molecule has 0 unspecified atom stereocenters. The Kier molecular flexibility index (Phi) is 3.25. The minimum absolute atomic E-state index is 0.00152. The molecule has 1 aliphatic carbocycles. The molecular weight excluding hydrogens is 210 g/mol. The van der Waals surface area contributed by atoms with Gasteiger partial charge >= 0.3 is 0 Å². The van der Waals surface area contributed by atoms with E-state index < -0.39 is 0 Å². The predicted molar refractivity (Wildman–Crippen MR) is 72.4 cm³/mol. The van der Waals surface area contributed by atoms with Crippen LogP contribution < -0.4 is 10.1 Å². The Morgan fingerprint density at radius 1 is 1.29 bits per heavy atom. The third-order valence-electron chi connectivity index (χ3n) is 3.68. The number of benzene rings is 1. The maximum Gasteiger partial charge on any atom is 0.122 e. The standard InChI is InChI=1S/C15H21NO/c1-15(2,16-3)13-9-5-8-12-11(13)7-6-10-14(12)17-4/h6-7,9-10,16H,5,8H2,1-4H3. The summed E-state index contributed by atoms with van der Waals surface area (Å²) in [6.07, 6.45) is 4.51. The topological polar surface area (TPSA) is 21.3 Å². The third-order valence-corrected chi connectivity index (χ3v) is 3.68. The summed E-state index contributed by atoms with van der Waals surface area (Å²) in [5.74, 6) is 1.01. The van der Waals surface area contributed by atoms with Gasteiger partial charge in [-0.25, -0.2) is 0 Å². The number of allylic oxidation sites excluding steroid dienone is 1. The molecule has 0 heterocycles. The van der Waals surface area contributed by atoms with Gasteiger partial charge in [-0.05, 0) is 50.9 Å². The fourth-order valence-electron chi connectivity index (χ4n) is 2.46. The van der Waals surface area contributed by atoms with Crippen molar-refractivity contribution in [3.05, 3.63) is 35.4 Å². The molecule has 2 nitrogen and oxygen atoms in total. The Morgan fingerprint density at radius 3 is 2.71 bits per heavy atom. The average molecular weight is 231 g/mol. The minimum atomic E-state index is 0.00152. The van der Waals surface area contributed by atoms with Crippen molar-refractivity contribution in [2.75, 3.05) is 14.2 Å². The van der Waals surface area contributed by atoms with E-state index in [2.05, 4.69) is 37.4 Å². The van der Waals surface area contributed by atoms with E-state index in [0.717, 1.165) is 18.6 Å². The van der Waals surface area contributed by atoms with Crippen molar-refractivity contribution < 1.29 is 4.74 Å². The van der Waals surface area contributed by atoms with Crippen molar-refractivity contribution >= 4 is 5.57 Å². The number of fused-ring (bicyclic) bond motifs is 1. The first kappa shape index (κ1) is 12.2. The summed E-state index contributed by atoms with van der Waals surface area (Å²) in [6.45, 7) is 4.43. The van der Waals surface area contributed by atoms with Gasteiger partial charge in [-0.1, -0.05) is 18.2 Å². The van der Waals surface area contributed by atoms with Crippen LogP contribution in [0.2, 0.25) is 0 Å². The lowest BCUT2D eigenvalue weighted by Gasteiger charge is -2.32. The van der Waals surface area contributed by atoms with E-state index in [0.29, 0.717) is 0 Å². The van der Waals surface area contributed by atoms with Gasteiger partial charge in [0.15, 0.2) is 0 Å². The fraction of sp³-hybridized carbons (Fsp3) is 0.467. The number of hydrogen-bond donors (Lipinski definition) is 1. The zero-order valence-electron chi connectivity index (χ0n) is 11.1. The molecule has 1 aromatic carbocycles. The summed E-state index contributed by atoms with van der Waals surface area (Å²) >= 11 is 0. The van der Waals surface area contributed by atoms with Crippen LogP contribution in [0.1, 0.15) is 31.4 Å². The van der Waals surface area contributed by atoms with Gasteiger partial charge in [0.05, 0.1) is 7.11 Å². The maximum atomic E-state index is 5.46. The molecule has 2 rings (SSSR count). The molecule has 0 saturated heterocycles. The normalized spacial score (nSPS) is 15.2. The number of ether oxygens (including phenoxy) is 1. The SMILES string of the molecule is CNC(C)(C)C1=CCCc2c(OC)cccc21. The number of likely N-dealkylation sites (N-methyl/N-ethyl adjacent to an activating group) is 1. The van der Waals surface area contributed by atoms with Gasteiger partial charge in [-0.3, -0.25) is 0 Å². The third kappa shape index (κ3) is 2.09. The Balaban J connectivity index is 2.52. The fourth-order valence-corrected chi connectivity index (χ4v) is 2.46. The zero-order chi connectivity index (χ0) is 12.5. The summed E-state index contributed by atoms with van der Waals surface area (Å²) in [7, 11) is 3.76.